The maximum absolute atomic E-state index is 16.1. The van der Waals surface area contributed by atoms with Gasteiger partial charge in [0.25, 0.3) is 0 Å². The Morgan fingerprint density at radius 3 is 0.782 bits per heavy atom. The van der Waals surface area contributed by atoms with Gasteiger partial charge in [0.2, 0.25) is 0 Å². The standard InChI is InChI=1S/C71H68NO3P3/c1-4-7-28-57-49-54(43-46-69(57)76(73,61-31-16-10-17-32-61)62-33-18-11-19-34-62)60-52-67(55-44-47-70(58(50-55)29-8-5-2)77(74,63-35-20-12-21-36-63)64-37-22-13-23-38-64)72-68(53-60)56-45-48-71(59(51-56)30-9-6-3)78(75,65-39-24-14-25-40-65)66-41-26-15-27-42-66/h10-27,31-53H,4-9,28-30H2,1-3H3. The van der Waals surface area contributed by atoms with Crippen molar-refractivity contribution in [2.75, 3.05) is 0 Å². The van der Waals surface area contributed by atoms with Gasteiger partial charge in [-0.05, 0) is 109 Å². The maximum atomic E-state index is 16.1. The van der Waals surface area contributed by atoms with Crippen LogP contribution in [0.15, 0.2) is 249 Å². The lowest BCUT2D eigenvalue weighted by atomic mass is 9.96. The SMILES string of the molecule is CCCCc1cc(-c2cc(-c3ccc(P(=O)(c4ccccc4)c4ccccc4)c(CCCC)c3)nc(-c3ccc(P(=O)(c4ccccc4)c4ccccc4)c(CCCC)c3)c2)ccc1P(=O)(c1ccccc1)c1ccccc1. The number of hydrogen-bond acceptors (Lipinski definition) is 4. The van der Waals surface area contributed by atoms with Crippen molar-refractivity contribution in [2.24, 2.45) is 0 Å². The normalized spacial score (nSPS) is 11.9. The average Bonchev–Trinajstić information content (AvgIpc) is 3.54. The highest BCUT2D eigenvalue weighted by atomic mass is 31.2. The second kappa shape index (κ2) is 24.7. The molecule has 390 valence electrons. The maximum Gasteiger partial charge on any atom is 0.171 e. The van der Waals surface area contributed by atoms with Crippen LogP contribution in [-0.4, -0.2) is 4.98 Å². The molecule has 7 heteroatoms. The predicted octanol–water partition coefficient (Wildman–Crippen LogP) is 15.0. The Morgan fingerprint density at radius 1 is 0.282 bits per heavy atom. The minimum absolute atomic E-state index is 0.756. The molecule has 0 N–H and O–H groups in total. The van der Waals surface area contributed by atoms with Crippen LogP contribution in [0.1, 0.15) is 76.0 Å². The fourth-order valence-corrected chi connectivity index (χ4v) is 19.7. The van der Waals surface area contributed by atoms with Crippen molar-refractivity contribution >= 4 is 69.2 Å². The largest absolute Gasteiger partial charge is 0.309 e. The van der Waals surface area contributed by atoms with Crippen LogP contribution in [0.25, 0.3) is 33.6 Å². The van der Waals surface area contributed by atoms with Crippen molar-refractivity contribution in [2.45, 2.75) is 78.6 Å². The summed E-state index contributed by atoms with van der Waals surface area (Å²) in [5.74, 6) is 0. The third kappa shape index (κ3) is 11.0. The van der Waals surface area contributed by atoms with E-state index in [0.29, 0.717) is 0 Å². The van der Waals surface area contributed by atoms with Crippen molar-refractivity contribution in [1.82, 2.24) is 4.98 Å². The first kappa shape index (κ1) is 54.2. The molecule has 10 rings (SSSR count). The van der Waals surface area contributed by atoms with Crippen LogP contribution >= 0.6 is 21.4 Å². The number of unbranched alkanes of at least 4 members (excludes halogenated alkanes) is 3. The highest BCUT2D eigenvalue weighted by Gasteiger charge is 2.35. The van der Waals surface area contributed by atoms with E-state index < -0.39 is 21.4 Å². The van der Waals surface area contributed by atoms with E-state index in [1.165, 1.54) is 0 Å². The van der Waals surface area contributed by atoms with Gasteiger partial charge in [0.1, 0.15) is 0 Å². The molecule has 1 heterocycles. The molecule has 0 spiro atoms. The summed E-state index contributed by atoms with van der Waals surface area (Å²) in [4.78, 5) is 5.58. The minimum atomic E-state index is -3.30. The zero-order valence-corrected chi connectivity index (χ0v) is 47.7. The van der Waals surface area contributed by atoms with Gasteiger partial charge in [-0.2, -0.15) is 0 Å². The first-order valence-corrected chi connectivity index (χ1v) is 32.9. The summed E-state index contributed by atoms with van der Waals surface area (Å²) in [6, 6.07) is 83.4. The lowest BCUT2D eigenvalue weighted by Crippen LogP contribution is -2.27. The Balaban J connectivity index is 1.20. The Morgan fingerprint density at radius 2 is 0.526 bits per heavy atom. The topological polar surface area (TPSA) is 64.1 Å². The van der Waals surface area contributed by atoms with Gasteiger partial charge in [-0.3, -0.25) is 0 Å². The summed E-state index contributed by atoms with van der Waals surface area (Å²) in [5.41, 5.74) is 8.59. The molecule has 0 saturated heterocycles. The molecule has 0 atom stereocenters. The van der Waals surface area contributed by atoms with E-state index in [1.807, 2.05) is 182 Å². The second-order valence-corrected chi connectivity index (χ2v) is 28.5. The smallest absolute Gasteiger partial charge is 0.171 e. The van der Waals surface area contributed by atoms with Crippen molar-refractivity contribution in [3.63, 3.8) is 0 Å². The minimum Gasteiger partial charge on any atom is -0.309 e. The van der Waals surface area contributed by atoms with Crippen molar-refractivity contribution < 1.29 is 13.7 Å². The first-order valence-electron chi connectivity index (χ1n) is 27.8. The van der Waals surface area contributed by atoms with E-state index in [4.69, 9.17) is 4.98 Å². The molecular weight excluding hydrogens is 1010 g/mol. The molecule has 4 nitrogen and oxygen atoms in total. The van der Waals surface area contributed by atoms with Crippen LogP contribution in [0.4, 0.5) is 0 Å². The second-order valence-electron chi connectivity index (χ2n) is 20.3. The number of pyridine rings is 1. The van der Waals surface area contributed by atoms with E-state index in [0.717, 1.165) is 156 Å². The highest BCUT2D eigenvalue weighted by molar-refractivity contribution is 7.86. The van der Waals surface area contributed by atoms with Crippen LogP contribution in [0.3, 0.4) is 0 Å². The monoisotopic (exact) mass is 1080 g/mol. The number of rotatable bonds is 21. The Labute approximate surface area is 462 Å². The highest BCUT2D eigenvalue weighted by Crippen LogP contribution is 2.47. The van der Waals surface area contributed by atoms with Crippen LogP contribution in [0.2, 0.25) is 0 Å². The average molecular weight is 1080 g/mol. The Bertz CT molecular complexity index is 3240. The summed E-state index contributed by atoms with van der Waals surface area (Å²) >= 11 is 0. The molecule has 0 saturated carbocycles. The van der Waals surface area contributed by atoms with E-state index in [1.54, 1.807) is 0 Å². The number of nitrogens with zero attached hydrogens (tertiary/aromatic N) is 1. The summed E-state index contributed by atoms with van der Waals surface area (Å²) in [6.07, 6.45) is 8.05. The molecule has 0 aliphatic carbocycles. The van der Waals surface area contributed by atoms with Gasteiger partial charge < -0.3 is 13.7 Å². The van der Waals surface area contributed by atoms with Crippen molar-refractivity contribution in [3.8, 4) is 33.6 Å². The summed E-state index contributed by atoms with van der Waals surface area (Å²) in [6.45, 7) is 6.61. The number of aryl methyl sites for hydroxylation is 3. The molecule has 1 aromatic heterocycles. The molecule has 0 radical (unpaired) electrons. The Hall–Kier alpha value is -7.18. The van der Waals surface area contributed by atoms with E-state index >= 15 is 13.7 Å². The van der Waals surface area contributed by atoms with Gasteiger partial charge in [0, 0.05) is 58.9 Å². The molecule has 9 aromatic carbocycles. The molecule has 0 bridgehead atoms. The van der Waals surface area contributed by atoms with Crippen LogP contribution < -0.4 is 47.7 Å². The fraction of sp³-hybridized carbons (Fsp3) is 0.169. The molecule has 0 amide bonds. The molecule has 0 fully saturated rings. The molecule has 0 aliphatic rings. The molecule has 78 heavy (non-hydrogen) atoms. The van der Waals surface area contributed by atoms with E-state index in [9.17, 15) is 0 Å². The van der Waals surface area contributed by atoms with Crippen molar-refractivity contribution in [1.29, 1.82) is 0 Å². The quantitative estimate of drug-likeness (QED) is 0.0673. The molecular formula is C71H68NO3P3. The molecule has 10 aromatic rings. The molecule has 0 unspecified atom stereocenters. The van der Waals surface area contributed by atoms with Gasteiger partial charge in [-0.25, -0.2) is 4.98 Å². The lowest BCUT2D eigenvalue weighted by Gasteiger charge is -2.24. The van der Waals surface area contributed by atoms with Gasteiger partial charge in [-0.1, -0.05) is 246 Å². The number of benzene rings is 9. The van der Waals surface area contributed by atoms with E-state index in [2.05, 4.69) is 87.5 Å². The van der Waals surface area contributed by atoms with Crippen LogP contribution in [0, 0.1) is 0 Å². The van der Waals surface area contributed by atoms with E-state index in [-0.39, 0.29) is 0 Å². The van der Waals surface area contributed by atoms with Gasteiger partial charge in [-0.15, -0.1) is 0 Å². The first-order chi connectivity index (χ1) is 38.2. The zero-order valence-electron chi connectivity index (χ0n) is 45.0. The fourth-order valence-electron chi connectivity index (χ4n) is 11.0. The Kier molecular flexibility index (Phi) is 17.1. The van der Waals surface area contributed by atoms with Gasteiger partial charge in [0.15, 0.2) is 21.4 Å². The number of aromatic nitrogens is 1. The summed E-state index contributed by atoms with van der Waals surface area (Å²) in [5, 5.41) is 7.42. The van der Waals surface area contributed by atoms with Crippen LogP contribution in [-0.2, 0) is 33.0 Å². The van der Waals surface area contributed by atoms with Gasteiger partial charge in [0.05, 0.1) is 11.4 Å². The third-order valence-electron chi connectivity index (χ3n) is 15.1. The summed E-state index contributed by atoms with van der Waals surface area (Å²) in [7, 11) is -9.90. The lowest BCUT2D eigenvalue weighted by molar-refractivity contribution is 0.591. The summed E-state index contributed by atoms with van der Waals surface area (Å²) < 4.78 is 48.1. The number of hydrogen-bond donors (Lipinski definition) is 0. The van der Waals surface area contributed by atoms with Crippen LogP contribution in [0.5, 0.6) is 0 Å². The zero-order chi connectivity index (χ0) is 54.0. The predicted molar refractivity (Wildman–Crippen MR) is 335 cm³/mol. The van der Waals surface area contributed by atoms with Gasteiger partial charge >= 0.3 is 0 Å². The third-order valence-corrected chi connectivity index (χ3v) is 24.6. The van der Waals surface area contributed by atoms with Crippen molar-refractivity contribution in [3.05, 3.63) is 265 Å². The molecule has 0 aliphatic heterocycles.